The monoisotopic (exact) mass is 477 g/mol. The van der Waals surface area contributed by atoms with Crippen molar-refractivity contribution in [2.45, 2.75) is 71.5 Å². The molecule has 184 valence electrons. The van der Waals surface area contributed by atoms with Gasteiger partial charge in [-0.15, -0.1) is 0 Å². The molecule has 2 amide bonds. The van der Waals surface area contributed by atoms with Gasteiger partial charge in [0.2, 0.25) is 11.8 Å². The number of hydrogen-bond acceptors (Lipinski definition) is 5. The number of carbonyl (C=O) groups excluding carboxylic acids is 2. The van der Waals surface area contributed by atoms with E-state index in [0.29, 0.717) is 17.7 Å². The first kappa shape index (κ1) is 23.9. The van der Waals surface area contributed by atoms with Gasteiger partial charge >= 0.3 is 0 Å². The van der Waals surface area contributed by atoms with Gasteiger partial charge in [-0.25, -0.2) is 8.78 Å². The number of carbonyl (C=O) groups is 2. The van der Waals surface area contributed by atoms with E-state index in [0.717, 1.165) is 22.3 Å². The minimum atomic E-state index is -2.62. The summed E-state index contributed by atoms with van der Waals surface area (Å²) in [5, 5.41) is 18.0. The molecule has 1 saturated heterocycles. The third-order valence-corrected chi connectivity index (χ3v) is 6.18. The lowest BCUT2D eigenvalue weighted by atomic mass is 10.1. The second-order valence-corrected chi connectivity index (χ2v) is 9.40. The summed E-state index contributed by atoms with van der Waals surface area (Å²) in [5.74, 6) is -1.63. The number of nitrogens with one attached hydrogen (secondary N) is 1. The first-order valence-electron chi connectivity index (χ1n) is 11.5. The predicted octanol–water partition coefficient (Wildman–Crippen LogP) is 2.33. The number of aromatic hydroxyl groups is 1. The fraction of sp³-hybridized carbons (Fsp3) is 0.565. The minimum Gasteiger partial charge on any atom is -0.494 e. The van der Waals surface area contributed by atoms with E-state index in [2.05, 4.69) is 10.4 Å². The Morgan fingerprint density at radius 3 is 2.59 bits per heavy atom. The fourth-order valence-corrected chi connectivity index (χ4v) is 4.36. The van der Waals surface area contributed by atoms with E-state index in [1.807, 2.05) is 13.8 Å². The normalized spacial score (nSPS) is 18.7. The molecule has 11 heteroatoms. The quantitative estimate of drug-likeness (QED) is 0.595. The van der Waals surface area contributed by atoms with Gasteiger partial charge in [0.15, 0.2) is 5.56 Å². The molecule has 0 spiro atoms. The van der Waals surface area contributed by atoms with Crippen LogP contribution in [0.25, 0.3) is 11.7 Å². The van der Waals surface area contributed by atoms with Gasteiger partial charge in [-0.05, 0) is 44.6 Å². The van der Waals surface area contributed by atoms with E-state index >= 15 is 0 Å². The lowest BCUT2D eigenvalue weighted by molar-refractivity contribution is -0.129. The summed E-state index contributed by atoms with van der Waals surface area (Å²) in [5.41, 5.74) is -0.136. The molecule has 0 aromatic carbocycles. The van der Waals surface area contributed by atoms with Crippen molar-refractivity contribution in [2.24, 2.45) is 5.92 Å². The maximum absolute atomic E-state index is 13.3. The Bertz CT molecular complexity index is 1210. The number of nitrogens with zero attached hydrogens (tertiary/aromatic N) is 4. The summed E-state index contributed by atoms with van der Waals surface area (Å²) in [6, 6.07) is -1.12. The number of hydrogen-bond donors (Lipinski definition) is 2. The van der Waals surface area contributed by atoms with Crippen LogP contribution in [0.4, 0.5) is 8.78 Å². The molecule has 1 saturated carbocycles. The van der Waals surface area contributed by atoms with E-state index in [4.69, 9.17) is 0 Å². The Hall–Kier alpha value is -3.24. The molecular weight excluding hydrogens is 448 g/mol. The molecule has 2 aromatic heterocycles. The molecule has 1 atom stereocenters. The zero-order valence-corrected chi connectivity index (χ0v) is 19.4. The second-order valence-electron chi connectivity index (χ2n) is 9.40. The van der Waals surface area contributed by atoms with Crippen LogP contribution in [0, 0.1) is 12.8 Å². The molecule has 34 heavy (non-hydrogen) atoms. The lowest BCUT2D eigenvalue weighted by Crippen LogP contribution is -2.38. The smallest absolute Gasteiger partial charge is 0.291 e. The molecule has 0 bridgehead atoms. The van der Waals surface area contributed by atoms with Crippen LogP contribution in [0.15, 0.2) is 10.9 Å². The van der Waals surface area contributed by atoms with Gasteiger partial charge in [-0.2, -0.15) is 9.61 Å². The van der Waals surface area contributed by atoms with Gasteiger partial charge in [0.05, 0.1) is 11.7 Å². The average molecular weight is 478 g/mol. The third kappa shape index (κ3) is 4.43. The molecule has 2 fully saturated rings. The molecule has 2 aromatic rings. The van der Waals surface area contributed by atoms with Crippen molar-refractivity contribution in [1.82, 2.24) is 24.4 Å². The summed E-state index contributed by atoms with van der Waals surface area (Å²) in [7, 11) is 0. The van der Waals surface area contributed by atoms with Gasteiger partial charge in [0, 0.05) is 30.8 Å². The number of amides is 2. The van der Waals surface area contributed by atoms with E-state index in [1.165, 1.54) is 16.7 Å². The molecule has 1 aliphatic carbocycles. The van der Waals surface area contributed by atoms with Crippen molar-refractivity contribution in [3.63, 3.8) is 0 Å². The maximum atomic E-state index is 13.3. The molecule has 2 N–H and O–H groups in total. The first-order valence-corrected chi connectivity index (χ1v) is 11.5. The standard InChI is InChI=1S/C23H29F2N5O4/c1-12(2)11-29-21-15(8-9-17(31)28-10-4-5-16(28)19(24)25)13(3)27-30(21)23(34)18(22(29)33)20(32)26-14-6-7-14/h8-9,12,14,16,19,33H,4-7,10-11H2,1-3H3,(H,26,32)/b9-8+/t16-/m1/s1. The molecule has 1 aliphatic heterocycles. The number of likely N-dealkylation sites (tertiary alicyclic amines) is 1. The summed E-state index contributed by atoms with van der Waals surface area (Å²) < 4.78 is 29.0. The summed E-state index contributed by atoms with van der Waals surface area (Å²) >= 11 is 0. The molecule has 4 rings (SSSR count). The number of fused-ring (bicyclic) bond motifs is 1. The van der Waals surface area contributed by atoms with Gasteiger partial charge < -0.3 is 15.3 Å². The van der Waals surface area contributed by atoms with Crippen LogP contribution in [0.5, 0.6) is 5.88 Å². The Morgan fingerprint density at radius 2 is 1.97 bits per heavy atom. The highest BCUT2D eigenvalue weighted by Gasteiger charge is 2.34. The van der Waals surface area contributed by atoms with Crippen molar-refractivity contribution in [3.8, 4) is 5.88 Å². The van der Waals surface area contributed by atoms with E-state index in [1.54, 1.807) is 6.92 Å². The number of alkyl halides is 2. The van der Waals surface area contributed by atoms with Gasteiger partial charge in [-0.3, -0.25) is 19.0 Å². The van der Waals surface area contributed by atoms with Gasteiger partial charge in [0.25, 0.3) is 17.9 Å². The fourth-order valence-electron chi connectivity index (χ4n) is 4.36. The van der Waals surface area contributed by atoms with E-state index in [9.17, 15) is 28.3 Å². The van der Waals surface area contributed by atoms with Crippen molar-refractivity contribution >= 4 is 23.5 Å². The maximum Gasteiger partial charge on any atom is 0.291 e. The van der Waals surface area contributed by atoms with E-state index < -0.39 is 35.7 Å². The molecule has 0 unspecified atom stereocenters. The highest BCUT2D eigenvalue weighted by atomic mass is 19.3. The number of halogens is 2. The molecular formula is C23H29F2N5O4. The highest BCUT2D eigenvalue weighted by Crippen LogP contribution is 2.27. The highest BCUT2D eigenvalue weighted by molar-refractivity contribution is 5.97. The Kier molecular flexibility index (Phi) is 6.46. The number of aromatic nitrogens is 3. The summed E-state index contributed by atoms with van der Waals surface area (Å²) in [4.78, 5) is 39.7. The first-order chi connectivity index (χ1) is 16.1. The minimum absolute atomic E-state index is 0.00735. The van der Waals surface area contributed by atoms with Crippen molar-refractivity contribution in [1.29, 1.82) is 0 Å². The third-order valence-electron chi connectivity index (χ3n) is 6.18. The summed E-state index contributed by atoms with van der Waals surface area (Å²) in [6.07, 6.45) is 2.41. The van der Waals surface area contributed by atoms with Gasteiger partial charge in [-0.1, -0.05) is 13.8 Å². The zero-order valence-electron chi connectivity index (χ0n) is 19.4. The van der Waals surface area contributed by atoms with E-state index in [-0.39, 0.29) is 42.7 Å². The zero-order chi connectivity index (χ0) is 24.7. The second kappa shape index (κ2) is 9.19. The Balaban J connectivity index is 1.79. The van der Waals surface area contributed by atoms with Gasteiger partial charge in [0.1, 0.15) is 5.65 Å². The molecule has 9 nitrogen and oxygen atoms in total. The van der Waals surface area contributed by atoms with Crippen molar-refractivity contribution < 1.29 is 23.5 Å². The van der Waals surface area contributed by atoms with Crippen LogP contribution in [0.3, 0.4) is 0 Å². The lowest BCUT2D eigenvalue weighted by Gasteiger charge is -2.22. The number of aryl methyl sites for hydroxylation is 1. The topological polar surface area (TPSA) is 109 Å². The Morgan fingerprint density at radius 1 is 1.26 bits per heavy atom. The molecule has 2 aliphatic rings. The predicted molar refractivity (Wildman–Crippen MR) is 121 cm³/mol. The van der Waals surface area contributed by atoms with Crippen LogP contribution < -0.4 is 10.9 Å². The van der Waals surface area contributed by atoms with Crippen LogP contribution >= 0.6 is 0 Å². The van der Waals surface area contributed by atoms with Crippen molar-refractivity contribution in [3.05, 3.63) is 33.3 Å². The van der Waals surface area contributed by atoms with Crippen LogP contribution in [-0.2, 0) is 11.3 Å². The average Bonchev–Trinajstić information content (AvgIpc) is 3.31. The SMILES string of the molecule is Cc1nn2c(=O)c(C(=O)NC3CC3)c(O)n(CC(C)C)c2c1/C=C/C(=O)N1CCC[C@@H]1C(F)F. The van der Waals surface area contributed by atoms with Crippen molar-refractivity contribution in [2.75, 3.05) is 6.54 Å². The van der Waals surface area contributed by atoms with Crippen LogP contribution in [0.1, 0.15) is 61.1 Å². The Labute approximate surface area is 195 Å². The number of rotatable bonds is 7. The van der Waals surface area contributed by atoms with Crippen LogP contribution in [0.2, 0.25) is 0 Å². The largest absolute Gasteiger partial charge is 0.494 e. The molecule has 3 heterocycles. The van der Waals surface area contributed by atoms with Crippen LogP contribution in [-0.4, -0.2) is 61.1 Å². The molecule has 0 radical (unpaired) electrons. The summed E-state index contributed by atoms with van der Waals surface area (Å²) in [6.45, 7) is 5.99.